The van der Waals surface area contributed by atoms with Crippen LogP contribution < -0.4 is 14.8 Å². The summed E-state index contributed by atoms with van der Waals surface area (Å²) in [4.78, 5) is 0. The van der Waals surface area contributed by atoms with Gasteiger partial charge in [0.2, 0.25) is 0 Å². The summed E-state index contributed by atoms with van der Waals surface area (Å²) in [6, 6.07) is 15.4. The number of ether oxygens (including phenoxy) is 2. The monoisotopic (exact) mass is 325 g/mol. The Morgan fingerprint density at radius 1 is 0.917 bits per heavy atom. The second-order valence-corrected chi connectivity index (χ2v) is 6.68. The van der Waals surface area contributed by atoms with E-state index in [2.05, 4.69) is 62.5 Å². The van der Waals surface area contributed by atoms with E-state index in [1.807, 2.05) is 6.07 Å². The van der Waals surface area contributed by atoms with Crippen molar-refractivity contribution in [2.75, 3.05) is 13.2 Å². The van der Waals surface area contributed by atoms with Crippen molar-refractivity contribution >= 4 is 0 Å². The SMILES string of the molecule is CCc1ccc(CNC(c2ccc3c(c2)OCCO3)C(C)C)cc1. The van der Waals surface area contributed by atoms with Crippen LogP contribution in [-0.4, -0.2) is 13.2 Å². The molecule has 0 amide bonds. The predicted octanol–water partition coefficient (Wildman–Crippen LogP) is 4.51. The normalized spacial score (nSPS) is 14.7. The first-order chi connectivity index (χ1) is 11.7. The molecule has 2 aromatic carbocycles. The lowest BCUT2D eigenvalue weighted by Gasteiger charge is -2.25. The van der Waals surface area contributed by atoms with Crippen LogP contribution in [0.1, 0.15) is 43.5 Å². The summed E-state index contributed by atoms with van der Waals surface area (Å²) in [7, 11) is 0. The molecular weight excluding hydrogens is 298 g/mol. The number of hydrogen-bond donors (Lipinski definition) is 1. The Hall–Kier alpha value is -2.00. The van der Waals surface area contributed by atoms with Crippen molar-refractivity contribution in [2.24, 2.45) is 5.92 Å². The third kappa shape index (κ3) is 3.90. The van der Waals surface area contributed by atoms with E-state index in [1.165, 1.54) is 16.7 Å². The number of fused-ring (bicyclic) bond motifs is 1. The highest BCUT2D eigenvalue weighted by atomic mass is 16.6. The van der Waals surface area contributed by atoms with Crippen molar-refractivity contribution in [1.29, 1.82) is 0 Å². The maximum absolute atomic E-state index is 5.73. The predicted molar refractivity (Wildman–Crippen MR) is 97.7 cm³/mol. The molecule has 1 aliphatic heterocycles. The highest BCUT2D eigenvalue weighted by Crippen LogP contribution is 2.34. The molecule has 0 fully saturated rings. The minimum absolute atomic E-state index is 0.284. The number of rotatable bonds is 6. The van der Waals surface area contributed by atoms with Crippen LogP contribution in [-0.2, 0) is 13.0 Å². The number of benzene rings is 2. The molecule has 2 aromatic rings. The van der Waals surface area contributed by atoms with Gasteiger partial charge >= 0.3 is 0 Å². The standard InChI is InChI=1S/C21H27NO2/c1-4-16-5-7-17(8-6-16)14-22-21(15(2)3)18-9-10-19-20(13-18)24-12-11-23-19/h5-10,13,15,21-22H,4,11-12,14H2,1-3H3. The Morgan fingerprint density at radius 3 is 2.25 bits per heavy atom. The smallest absolute Gasteiger partial charge is 0.161 e. The van der Waals surface area contributed by atoms with Gasteiger partial charge in [-0.25, -0.2) is 0 Å². The van der Waals surface area contributed by atoms with Gasteiger partial charge in [-0.05, 0) is 41.2 Å². The maximum atomic E-state index is 5.73. The minimum atomic E-state index is 0.284. The summed E-state index contributed by atoms with van der Waals surface area (Å²) in [6.07, 6.45) is 1.08. The third-order valence-electron chi connectivity index (χ3n) is 4.55. The zero-order valence-electron chi connectivity index (χ0n) is 14.8. The summed E-state index contributed by atoms with van der Waals surface area (Å²) in [6.45, 7) is 8.79. The minimum Gasteiger partial charge on any atom is -0.486 e. The van der Waals surface area contributed by atoms with Gasteiger partial charge in [-0.15, -0.1) is 0 Å². The third-order valence-corrected chi connectivity index (χ3v) is 4.55. The van der Waals surface area contributed by atoms with Gasteiger partial charge in [0.1, 0.15) is 13.2 Å². The second-order valence-electron chi connectivity index (χ2n) is 6.68. The summed E-state index contributed by atoms with van der Waals surface area (Å²) in [5.41, 5.74) is 3.95. The highest BCUT2D eigenvalue weighted by Gasteiger charge is 2.19. The van der Waals surface area contributed by atoms with Gasteiger partial charge < -0.3 is 14.8 Å². The fourth-order valence-electron chi connectivity index (χ4n) is 3.11. The van der Waals surface area contributed by atoms with Crippen LogP contribution in [0.2, 0.25) is 0 Å². The van der Waals surface area contributed by atoms with Crippen molar-refractivity contribution in [3.63, 3.8) is 0 Å². The molecular formula is C21H27NO2. The first kappa shape index (κ1) is 16.8. The Kier molecular flexibility index (Phi) is 5.41. The van der Waals surface area contributed by atoms with Crippen LogP contribution in [0.5, 0.6) is 11.5 Å². The van der Waals surface area contributed by atoms with Gasteiger partial charge in [0.05, 0.1) is 0 Å². The topological polar surface area (TPSA) is 30.5 Å². The first-order valence-corrected chi connectivity index (χ1v) is 8.88. The van der Waals surface area contributed by atoms with Crippen LogP contribution in [0.25, 0.3) is 0 Å². The zero-order valence-corrected chi connectivity index (χ0v) is 14.8. The van der Waals surface area contributed by atoms with Crippen molar-refractivity contribution in [3.8, 4) is 11.5 Å². The molecule has 1 N–H and O–H groups in total. The molecule has 1 unspecified atom stereocenters. The fourth-order valence-corrected chi connectivity index (χ4v) is 3.11. The summed E-state index contributed by atoms with van der Waals surface area (Å²) in [5, 5.41) is 3.70. The van der Waals surface area contributed by atoms with E-state index in [9.17, 15) is 0 Å². The molecule has 0 saturated heterocycles. The van der Waals surface area contributed by atoms with E-state index < -0.39 is 0 Å². The van der Waals surface area contributed by atoms with Gasteiger partial charge in [0, 0.05) is 12.6 Å². The van der Waals surface area contributed by atoms with Gasteiger partial charge in [-0.2, -0.15) is 0 Å². The quantitative estimate of drug-likeness (QED) is 0.848. The Bertz CT molecular complexity index is 664. The van der Waals surface area contributed by atoms with E-state index in [1.54, 1.807) is 0 Å². The lowest BCUT2D eigenvalue weighted by atomic mass is 9.95. The molecule has 1 heterocycles. The van der Waals surface area contributed by atoms with Crippen LogP contribution in [0.3, 0.4) is 0 Å². The number of hydrogen-bond acceptors (Lipinski definition) is 3. The maximum Gasteiger partial charge on any atom is 0.161 e. The van der Waals surface area contributed by atoms with E-state index >= 15 is 0 Å². The fraction of sp³-hybridized carbons (Fsp3) is 0.429. The average Bonchev–Trinajstić information content (AvgIpc) is 2.62. The average molecular weight is 325 g/mol. The zero-order chi connectivity index (χ0) is 16.9. The van der Waals surface area contributed by atoms with E-state index in [4.69, 9.17) is 9.47 Å². The Morgan fingerprint density at radius 2 is 1.58 bits per heavy atom. The molecule has 3 heteroatoms. The van der Waals surface area contributed by atoms with E-state index in [0.717, 1.165) is 24.5 Å². The highest BCUT2D eigenvalue weighted by molar-refractivity contribution is 5.44. The second kappa shape index (κ2) is 7.71. The summed E-state index contributed by atoms with van der Waals surface area (Å²) < 4.78 is 11.4. The van der Waals surface area contributed by atoms with Gasteiger partial charge in [0.25, 0.3) is 0 Å². The van der Waals surface area contributed by atoms with Gasteiger partial charge in [0.15, 0.2) is 11.5 Å². The van der Waals surface area contributed by atoms with Crippen LogP contribution in [0.4, 0.5) is 0 Å². The lowest BCUT2D eigenvalue weighted by molar-refractivity contribution is 0.171. The molecule has 0 saturated carbocycles. The van der Waals surface area contributed by atoms with Crippen LogP contribution >= 0.6 is 0 Å². The Labute approximate surface area is 145 Å². The molecule has 0 radical (unpaired) electrons. The number of aryl methyl sites for hydroxylation is 1. The number of nitrogens with one attached hydrogen (secondary N) is 1. The molecule has 0 spiro atoms. The molecule has 128 valence electrons. The van der Waals surface area contributed by atoms with Crippen LogP contribution in [0, 0.1) is 5.92 Å². The van der Waals surface area contributed by atoms with E-state index in [0.29, 0.717) is 19.1 Å². The van der Waals surface area contributed by atoms with E-state index in [-0.39, 0.29) is 6.04 Å². The van der Waals surface area contributed by atoms with Crippen LogP contribution in [0.15, 0.2) is 42.5 Å². The first-order valence-electron chi connectivity index (χ1n) is 8.88. The Balaban J connectivity index is 1.72. The summed E-state index contributed by atoms with van der Waals surface area (Å²) in [5.74, 6) is 2.20. The van der Waals surface area contributed by atoms with Crippen molar-refractivity contribution < 1.29 is 9.47 Å². The molecule has 3 rings (SSSR count). The molecule has 0 aliphatic carbocycles. The molecule has 24 heavy (non-hydrogen) atoms. The summed E-state index contributed by atoms with van der Waals surface area (Å²) >= 11 is 0. The molecule has 0 bridgehead atoms. The van der Waals surface area contributed by atoms with Crippen molar-refractivity contribution in [1.82, 2.24) is 5.32 Å². The van der Waals surface area contributed by atoms with Crippen molar-refractivity contribution in [2.45, 2.75) is 39.8 Å². The van der Waals surface area contributed by atoms with Crippen molar-refractivity contribution in [3.05, 3.63) is 59.2 Å². The van der Waals surface area contributed by atoms with Gasteiger partial charge in [-0.1, -0.05) is 51.1 Å². The molecule has 3 nitrogen and oxygen atoms in total. The van der Waals surface area contributed by atoms with Gasteiger partial charge in [-0.3, -0.25) is 0 Å². The lowest BCUT2D eigenvalue weighted by Crippen LogP contribution is -2.25. The molecule has 0 aromatic heterocycles. The molecule has 1 atom stereocenters. The molecule has 1 aliphatic rings. The largest absolute Gasteiger partial charge is 0.486 e.